The minimum atomic E-state index is -0.0910. The fourth-order valence-corrected chi connectivity index (χ4v) is 2.85. The summed E-state index contributed by atoms with van der Waals surface area (Å²) >= 11 is 1.81. The number of carbonyl (C=O) groups excluding carboxylic acids is 1. The molecule has 0 bridgehead atoms. The van der Waals surface area contributed by atoms with E-state index >= 15 is 0 Å². The van der Waals surface area contributed by atoms with Gasteiger partial charge in [-0.3, -0.25) is 9.36 Å². The molecule has 0 radical (unpaired) electrons. The molecule has 0 N–H and O–H groups in total. The summed E-state index contributed by atoms with van der Waals surface area (Å²) in [7, 11) is 0. The van der Waals surface area contributed by atoms with Crippen molar-refractivity contribution in [2.45, 2.75) is 37.7 Å². The van der Waals surface area contributed by atoms with Gasteiger partial charge in [-0.15, -0.1) is 0 Å². The van der Waals surface area contributed by atoms with Crippen LogP contribution in [0.25, 0.3) is 0 Å². The zero-order chi connectivity index (χ0) is 14.6. The Labute approximate surface area is 124 Å². The number of carbonyl (C=O) groups is 1. The number of aryl methyl sites for hydroxylation is 1. The van der Waals surface area contributed by atoms with Crippen molar-refractivity contribution >= 4 is 17.7 Å². The first-order valence-electron chi connectivity index (χ1n) is 6.67. The zero-order valence-electron chi connectivity index (χ0n) is 12.2. The van der Waals surface area contributed by atoms with E-state index in [1.165, 1.54) is 11.1 Å². The third-order valence-electron chi connectivity index (χ3n) is 3.12. The number of imidazole rings is 1. The first-order chi connectivity index (χ1) is 9.46. The average molecular weight is 288 g/mol. The minimum absolute atomic E-state index is 0.0870. The molecular weight excluding hydrogens is 268 g/mol. The van der Waals surface area contributed by atoms with Crippen LogP contribution in [0.4, 0.5) is 0 Å². The molecule has 0 saturated carbocycles. The Morgan fingerprint density at radius 2 is 2.00 bits per heavy atom. The molecule has 0 amide bonds. The van der Waals surface area contributed by atoms with E-state index in [4.69, 9.17) is 0 Å². The predicted octanol–water partition coefficient (Wildman–Crippen LogP) is 3.93. The van der Waals surface area contributed by atoms with Crippen molar-refractivity contribution in [1.29, 1.82) is 0 Å². The number of rotatable bonds is 5. The standard InChI is InChI=1S/C16H20N2OS/c1-13-4-6-14(7-5-13)11-20-16(2,3)10-15(19)18-9-8-17-12-18/h4-9,12H,10-11H2,1-3H3. The maximum atomic E-state index is 12.1. The molecule has 0 unspecified atom stereocenters. The molecule has 4 heteroatoms. The third-order valence-corrected chi connectivity index (χ3v) is 4.52. The molecule has 0 spiro atoms. The van der Waals surface area contributed by atoms with Crippen molar-refractivity contribution in [3.05, 3.63) is 54.1 Å². The molecule has 1 aromatic carbocycles. The maximum absolute atomic E-state index is 12.1. The SMILES string of the molecule is Cc1ccc(CSC(C)(C)CC(=O)n2ccnc2)cc1. The molecule has 2 rings (SSSR count). The lowest BCUT2D eigenvalue weighted by atomic mass is 10.1. The highest BCUT2D eigenvalue weighted by Crippen LogP contribution is 2.31. The second kappa shape index (κ2) is 6.27. The van der Waals surface area contributed by atoms with Gasteiger partial charge < -0.3 is 0 Å². The van der Waals surface area contributed by atoms with Crippen LogP contribution in [0.2, 0.25) is 0 Å². The summed E-state index contributed by atoms with van der Waals surface area (Å²) in [6.07, 6.45) is 5.39. The monoisotopic (exact) mass is 288 g/mol. The molecule has 0 saturated heterocycles. The van der Waals surface area contributed by atoms with Gasteiger partial charge in [0, 0.05) is 29.3 Å². The minimum Gasteiger partial charge on any atom is -0.276 e. The highest BCUT2D eigenvalue weighted by atomic mass is 32.2. The van der Waals surface area contributed by atoms with Crippen molar-refractivity contribution in [1.82, 2.24) is 9.55 Å². The number of nitrogens with zero attached hydrogens (tertiary/aromatic N) is 2. The van der Waals surface area contributed by atoms with Crippen LogP contribution in [0, 0.1) is 6.92 Å². The van der Waals surface area contributed by atoms with Crippen molar-refractivity contribution in [2.75, 3.05) is 0 Å². The Morgan fingerprint density at radius 3 is 2.60 bits per heavy atom. The summed E-state index contributed by atoms with van der Waals surface area (Å²) in [6, 6.07) is 8.55. The first kappa shape index (κ1) is 14.9. The highest BCUT2D eigenvalue weighted by Gasteiger charge is 2.23. The Hall–Kier alpha value is -1.55. The van der Waals surface area contributed by atoms with Gasteiger partial charge in [-0.1, -0.05) is 43.7 Å². The number of benzene rings is 1. The van der Waals surface area contributed by atoms with E-state index in [0.29, 0.717) is 6.42 Å². The van der Waals surface area contributed by atoms with Crippen LogP contribution < -0.4 is 0 Å². The van der Waals surface area contributed by atoms with E-state index in [1.54, 1.807) is 23.3 Å². The van der Waals surface area contributed by atoms with Gasteiger partial charge in [-0.2, -0.15) is 11.8 Å². The van der Waals surface area contributed by atoms with E-state index in [-0.39, 0.29) is 10.7 Å². The molecule has 1 aromatic heterocycles. The zero-order valence-corrected chi connectivity index (χ0v) is 13.0. The summed E-state index contributed by atoms with van der Waals surface area (Å²) in [5.74, 6) is 1.01. The Bertz CT molecular complexity index is 559. The predicted molar refractivity (Wildman–Crippen MR) is 84.0 cm³/mol. The molecule has 0 atom stereocenters. The Morgan fingerprint density at radius 1 is 1.30 bits per heavy atom. The molecule has 106 valence electrons. The lowest BCUT2D eigenvalue weighted by Gasteiger charge is -2.23. The van der Waals surface area contributed by atoms with Crippen molar-refractivity contribution in [2.24, 2.45) is 0 Å². The van der Waals surface area contributed by atoms with Gasteiger partial charge >= 0.3 is 0 Å². The number of aromatic nitrogens is 2. The largest absolute Gasteiger partial charge is 0.276 e. The van der Waals surface area contributed by atoms with Crippen molar-refractivity contribution in [3.8, 4) is 0 Å². The molecule has 0 aliphatic heterocycles. The van der Waals surface area contributed by atoms with Crippen molar-refractivity contribution < 1.29 is 4.79 Å². The summed E-state index contributed by atoms with van der Waals surface area (Å²) < 4.78 is 1.46. The topological polar surface area (TPSA) is 34.9 Å². The van der Waals surface area contributed by atoms with Crippen molar-refractivity contribution in [3.63, 3.8) is 0 Å². The molecular formula is C16H20N2OS. The molecule has 1 heterocycles. The molecule has 0 aliphatic rings. The smallest absolute Gasteiger partial charge is 0.233 e. The van der Waals surface area contributed by atoms with Crippen LogP contribution in [-0.4, -0.2) is 20.2 Å². The lowest BCUT2D eigenvalue weighted by molar-refractivity contribution is 0.0893. The van der Waals surface area contributed by atoms with Crippen LogP contribution in [0.3, 0.4) is 0 Å². The van der Waals surface area contributed by atoms with Gasteiger partial charge in [0.2, 0.25) is 5.91 Å². The number of thioether (sulfide) groups is 1. The van der Waals surface area contributed by atoms with E-state index in [0.717, 1.165) is 5.75 Å². The van der Waals surface area contributed by atoms with E-state index in [1.807, 2.05) is 11.8 Å². The lowest BCUT2D eigenvalue weighted by Crippen LogP contribution is -2.23. The normalized spacial score (nSPS) is 11.6. The average Bonchev–Trinajstić information content (AvgIpc) is 2.91. The second-order valence-electron chi connectivity index (χ2n) is 5.57. The summed E-state index contributed by atoms with van der Waals surface area (Å²) in [4.78, 5) is 16.0. The Balaban J connectivity index is 1.90. The van der Waals surface area contributed by atoms with Gasteiger partial charge in [0.25, 0.3) is 0 Å². The summed E-state index contributed by atoms with van der Waals surface area (Å²) in [5, 5.41) is 0. The first-order valence-corrected chi connectivity index (χ1v) is 7.65. The van der Waals surface area contributed by atoms with Gasteiger partial charge in [-0.05, 0) is 12.5 Å². The summed E-state index contributed by atoms with van der Waals surface area (Å²) in [6.45, 7) is 6.31. The van der Waals surface area contributed by atoms with Crippen LogP contribution >= 0.6 is 11.8 Å². The quantitative estimate of drug-likeness (QED) is 0.836. The molecule has 0 fully saturated rings. The maximum Gasteiger partial charge on any atom is 0.233 e. The number of hydrogen-bond acceptors (Lipinski definition) is 3. The summed E-state index contributed by atoms with van der Waals surface area (Å²) in [5.41, 5.74) is 2.57. The van der Waals surface area contributed by atoms with Crippen LogP contribution in [0.15, 0.2) is 43.0 Å². The third kappa shape index (κ3) is 4.23. The fourth-order valence-electron chi connectivity index (χ4n) is 1.88. The number of hydrogen-bond donors (Lipinski definition) is 0. The molecule has 3 nitrogen and oxygen atoms in total. The van der Waals surface area contributed by atoms with E-state index < -0.39 is 0 Å². The second-order valence-corrected chi connectivity index (χ2v) is 7.26. The van der Waals surface area contributed by atoms with E-state index in [2.05, 4.69) is 50.0 Å². The molecule has 2 aromatic rings. The molecule has 0 aliphatic carbocycles. The van der Waals surface area contributed by atoms with Gasteiger partial charge in [0.05, 0.1) is 0 Å². The molecule has 20 heavy (non-hydrogen) atoms. The van der Waals surface area contributed by atoms with Gasteiger partial charge in [0.1, 0.15) is 6.33 Å². The van der Waals surface area contributed by atoms with Crippen LogP contribution in [0.1, 0.15) is 36.2 Å². The fraction of sp³-hybridized carbons (Fsp3) is 0.375. The highest BCUT2D eigenvalue weighted by molar-refractivity contribution is 7.99. The Kier molecular flexibility index (Phi) is 4.65. The van der Waals surface area contributed by atoms with Crippen LogP contribution in [0.5, 0.6) is 0 Å². The van der Waals surface area contributed by atoms with E-state index in [9.17, 15) is 4.79 Å². The van der Waals surface area contributed by atoms with Gasteiger partial charge in [0.15, 0.2) is 0 Å². The van der Waals surface area contributed by atoms with Gasteiger partial charge in [-0.25, -0.2) is 4.98 Å². The van der Waals surface area contributed by atoms with Crippen LogP contribution in [-0.2, 0) is 5.75 Å².